The van der Waals surface area contributed by atoms with Crippen LogP contribution < -0.4 is 10.6 Å². The van der Waals surface area contributed by atoms with E-state index < -0.39 is 24.1 Å². The molecule has 1 aromatic heterocycles. The summed E-state index contributed by atoms with van der Waals surface area (Å²) in [4.78, 5) is 40.1. The number of carbonyl (C=O) groups is 3. The Labute approximate surface area is 207 Å². The SMILES string of the molecule is CC[C@@H](CC(=O)NC(C)c1nc(C(=O)O)cs1)NC(=O)OCC1c2ccccc2-c2ccccc21. The molecule has 0 saturated heterocycles. The maximum Gasteiger partial charge on any atom is 0.407 e. The van der Waals surface area contributed by atoms with Crippen molar-refractivity contribution < 1.29 is 24.2 Å². The molecule has 0 saturated carbocycles. The normalized spacial score (nSPS) is 13.9. The van der Waals surface area contributed by atoms with Gasteiger partial charge in [0.25, 0.3) is 0 Å². The number of amides is 2. The molecule has 1 heterocycles. The summed E-state index contributed by atoms with van der Waals surface area (Å²) in [7, 11) is 0. The van der Waals surface area contributed by atoms with Crippen LogP contribution >= 0.6 is 11.3 Å². The number of aromatic carboxylic acids is 1. The molecular formula is C26H27N3O5S. The molecule has 35 heavy (non-hydrogen) atoms. The van der Waals surface area contributed by atoms with Gasteiger partial charge in [0, 0.05) is 23.8 Å². The molecule has 4 rings (SSSR count). The number of fused-ring (bicyclic) bond motifs is 3. The lowest BCUT2D eigenvalue weighted by atomic mass is 9.98. The highest BCUT2D eigenvalue weighted by molar-refractivity contribution is 7.09. The Bertz CT molecular complexity index is 1200. The molecule has 1 aliphatic carbocycles. The van der Waals surface area contributed by atoms with Crippen molar-refractivity contribution in [3.8, 4) is 11.1 Å². The van der Waals surface area contributed by atoms with Crippen LogP contribution in [0.2, 0.25) is 0 Å². The van der Waals surface area contributed by atoms with Gasteiger partial charge in [-0.1, -0.05) is 55.5 Å². The van der Waals surface area contributed by atoms with Crippen LogP contribution in [0.3, 0.4) is 0 Å². The van der Waals surface area contributed by atoms with E-state index in [2.05, 4.69) is 39.9 Å². The Hall–Kier alpha value is -3.72. The molecule has 182 valence electrons. The lowest BCUT2D eigenvalue weighted by molar-refractivity contribution is -0.122. The zero-order chi connectivity index (χ0) is 24.9. The van der Waals surface area contributed by atoms with Gasteiger partial charge in [0.1, 0.15) is 11.6 Å². The van der Waals surface area contributed by atoms with Crippen LogP contribution in [0.25, 0.3) is 11.1 Å². The van der Waals surface area contributed by atoms with Crippen LogP contribution in [0.15, 0.2) is 53.9 Å². The van der Waals surface area contributed by atoms with Crippen LogP contribution in [-0.2, 0) is 9.53 Å². The molecule has 2 amide bonds. The maximum absolute atomic E-state index is 12.6. The van der Waals surface area contributed by atoms with E-state index >= 15 is 0 Å². The highest BCUT2D eigenvalue weighted by atomic mass is 32.1. The number of ether oxygens (including phenoxy) is 1. The van der Waals surface area contributed by atoms with E-state index in [1.165, 1.54) is 16.7 Å². The average Bonchev–Trinajstić information content (AvgIpc) is 3.46. The zero-order valence-corrected chi connectivity index (χ0v) is 20.3. The van der Waals surface area contributed by atoms with Crippen molar-refractivity contribution in [3.05, 3.63) is 75.7 Å². The van der Waals surface area contributed by atoms with Gasteiger partial charge in [-0.15, -0.1) is 11.3 Å². The monoisotopic (exact) mass is 493 g/mol. The van der Waals surface area contributed by atoms with E-state index in [0.717, 1.165) is 22.3 Å². The highest BCUT2D eigenvalue weighted by Crippen LogP contribution is 2.44. The number of carboxylic acids is 1. The summed E-state index contributed by atoms with van der Waals surface area (Å²) in [5, 5.41) is 16.6. The first-order valence-electron chi connectivity index (χ1n) is 11.5. The van der Waals surface area contributed by atoms with E-state index in [-0.39, 0.29) is 30.5 Å². The lowest BCUT2D eigenvalue weighted by Gasteiger charge is -2.19. The van der Waals surface area contributed by atoms with Gasteiger partial charge in [0.2, 0.25) is 5.91 Å². The van der Waals surface area contributed by atoms with Crippen molar-refractivity contribution in [2.75, 3.05) is 6.61 Å². The number of nitrogens with one attached hydrogen (secondary N) is 2. The standard InChI is InChI=1S/C26H27N3O5S/c1-3-16(12-23(30)27-15(2)24-29-22(14-35-24)25(31)32)28-26(33)34-13-21-19-10-6-4-8-17(19)18-9-5-7-11-20(18)21/h4-11,14-16,21H,3,12-13H2,1-2H3,(H,27,30)(H,28,33)(H,31,32)/t15?,16-/m0/s1. The van der Waals surface area contributed by atoms with Crippen LogP contribution in [-0.4, -0.2) is 40.7 Å². The van der Waals surface area contributed by atoms with Crippen molar-refractivity contribution in [1.82, 2.24) is 15.6 Å². The summed E-state index contributed by atoms with van der Waals surface area (Å²) in [6.07, 6.45) is 0.0554. The molecule has 0 radical (unpaired) electrons. The average molecular weight is 494 g/mol. The largest absolute Gasteiger partial charge is 0.476 e. The number of nitrogens with zero attached hydrogens (tertiary/aromatic N) is 1. The summed E-state index contributed by atoms with van der Waals surface area (Å²) >= 11 is 1.18. The number of rotatable bonds is 9. The minimum atomic E-state index is -1.11. The van der Waals surface area contributed by atoms with Gasteiger partial charge in [-0.25, -0.2) is 14.6 Å². The van der Waals surface area contributed by atoms with E-state index in [0.29, 0.717) is 11.4 Å². The molecule has 1 aliphatic rings. The second kappa shape index (κ2) is 10.7. The van der Waals surface area contributed by atoms with E-state index in [1.54, 1.807) is 6.92 Å². The van der Waals surface area contributed by atoms with Crippen LogP contribution in [0.4, 0.5) is 4.79 Å². The number of hydrogen-bond donors (Lipinski definition) is 3. The predicted octanol–water partition coefficient (Wildman–Crippen LogP) is 4.73. The summed E-state index contributed by atoms with van der Waals surface area (Å²) in [6, 6.07) is 15.4. The summed E-state index contributed by atoms with van der Waals surface area (Å²) < 4.78 is 5.58. The Morgan fingerprint density at radius 2 is 1.69 bits per heavy atom. The zero-order valence-electron chi connectivity index (χ0n) is 19.5. The van der Waals surface area contributed by atoms with E-state index in [1.807, 2.05) is 31.2 Å². The van der Waals surface area contributed by atoms with Gasteiger partial charge in [-0.05, 0) is 35.6 Å². The van der Waals surface area contributed by atoms with Gasteiger partial charge in [0.15, 0.2) is 5.69 Å². The van der Waals surface area contributed by atoms with E-state index in [9.17, 15) is 14.4 Å². The molecule has 2 aromatic carbocycles. The van der Waals surface area contributed by atoms with Gasteiger partial charge in [-0.3, -0.25) is 4.79 Å². The quantitative estimate of drug-likeness (QED) is 0.397. The third-order valence-electron chi connectivity index (χ3n) is 6.08. The summed E-state index contributed by atoms with van der Waals surface area (Å²) in [5.74, 6) is -1.41. The fourth-order valence-corrected chi connectivity index (χ4v) is 5.07. The molecule has 3 aromatic rings. The van der Waals surface area contributed by atoms with Crippen molar-refractivity contribution in [2.45, 2.75) is 44.7 Å². The second-order valence-electron chi connectivity index (χ2n) is 8.44. The molecule has 0 aliphatic heterocycles. The Morgan fingerprint density at radius 3 is 2.26 bits per heavy atom. The fourth-order valence-electron chi connectivity index (χ4n) is 4.27. The van der Waals surface area contributed by atoms with Crippen molar-refractivity contribution in [3.63, 3.8) is 0 Å². The topological polar surface area (TPSA) is 118 Å². The Kier molecular flexibility index (Phi) is 7.45. The first kappa shape index (κ1) is 24.4. The second-order valence-corrected chi connectivity index (χ2v) is 9.33. The van der Waals surface area contributed by atoms with Gasteiger partial charge in [0.05, 0.1) is 6.04 Å². The third-order valence-corrected chi connectivity index (χ3v) is 7.11. The van der Waals surface area contributed by atoms with Crippen molar-refractivity contribution in [1.29, 1.82) is 0 Å². The van der Waals surface area contributed by atoms with Crippen molar-refractivity contribution in [2.24, 2.45) is 0 Å². The molecule has 2 atom stereocenters. The van der Waals surface area contributed by atoms with Gasteiger partial charge in [-0.2, -0.15) is 0 Å². The van der Waals surface area contributed by atoms with Crippen LogP contribution in [0, 0.1) is 0 Å². The first-order valence-corrected chi connectivity index (χ1v) is 12.3. The number of carbonyl (C=O) groups excluding carboxylic acids is 2. The molecule has 0 bridgehead atoms. The summed E-state index contributed by atoms with van der Waals surface area (Å²) in [6.45, 7) is 3.82. The number of carboxylic acid groups (broad SMARTS) is 1. The molecule has 1 unspecified atom stereocenters. The van der Waals surface area contributed by atoms with Crippen LogP contribution in [0.1, 0.15) is 65.3 Å². The lowest BCUT2D eigenvalue weighted by Crippen LogP contribution is -2.40. The van der Waals surface area contributed by atoms with E-state index in [4.69, 9.17) is 9.84 Å². The minimum Gasteiger partial charge on any atom is -0.476 e. The fraction of sp³-hybridized carbons (Fsp3) is 0.308. The Balaban J connectivity index is 1.30. The molecule has 0 spiro atoms. The number of benzene rings is 2. The van der Waals surface area contributed by atoms with Gasteiger partial charge < -0.3 is 20.5 Å². The molecule has 3 N–H and O–H groups in total. The molecule has 9 heteroatoms. The number of aromatic nitrogens is 1. The molecule has 0 fully saturated rings. The molecular weight excluding hydrogens is 466 g/mol. The maximum atomic E-state index is 12.6. The van der Waals surface area contributed by atoms with Crippen molar-refractivity contribution >= 4 is 29.3 Å². The molecule has 8 nitrogen and oxygen atoms in total. The number of thiazole rings is 1. The van der Waals surface area contributed by atoms with Gasteiger partial charge >= 0.3 is 12.1 Å². The number of hydrogen-bond acceptors (Lipinski definition) is 6. The third kappa shape index (κ3) is 5.51. The summed E-state index contributed by atoms with van der Waals surface area (Å²) in [5.41, 5.74) is 4.54. The minimum absolute atomic E-state index is 0.0358. The number of alkyl carbamates (subject to hydrolysis) is 1. The van der Waals surface area contributed by atoms with Crippen LogP contribution in [0.5, 0.6) is 0 Å². The first-order chi connectivity index (χ1) is 16.9. The predicted molar refractivity (Wildman–Crippen MR) is 133 cm³/mol. The highest BCUT2D eigenvalue weighted by Gasteiger charge is 2.29. The Morgan fingerprint density at radius 1 is 1.06 bits per heavy atom. The smallest absolute Gasteiger partial charge is 0.407 e.